The second-order valence-electron chi connectivity index (χ2n) is 5.76. The van der Waals surface area contributed by atoms with E-state index in [9.17, 15) is 10.1 Å². The number of nitrogens with zero attached hydrogens (tertiary/aromatic N) is 3. The number of nitrogens with one attached hydrogen (secondary N) is 1. The van der Waals surface area contributed by atoms with Crippen molar-refractivity contribution in [3.8, 4) is 17.2 Å². The fourth-order valence-electron chi connectivity index (χ4n) is 2.63. The third-order valence-corrected chi connectivity index (χ3v) is 4.84. The Kier molecular flexibility index (Phi) is 5.72. The zero-order valence-electron chi connectivity index (χ0n) is 14.4. The van der Waals surface area contributed by atoms with Crippen LogP contribution in [-0.4, -0.2) is 16.1 Å². The lowest BCUT2D eigenvalue weighted by Crippen LogP contribution is -2.13. The fourth-order valence-corrected chi connectivity index (χ4v) is 3.41. The Balaban J connectivity index is 1.87. The number of nitriles is 1. The SMILES string of the molecule is CCCCc1nnc(NC(=O)c2ccccc2-c2ccccc2C#N)s1. The number of hydrogen-bond acceptors (Lipinski definition) is 5. The fraction of sp³-hybridized carbons (Fsp3) is 0.200. The maximum absolute atomic E-state index is 12.8. The summed E-state index contributed by atoms with van der Waals surface area (Å²) in [6.07, 6.45) is 3.01. The Morgan fingerprint density at radius 1 is 1.12 bits per heavy atom. The van der Waals surface area contributed by atoms with Crippen molar-refractivity contribution in [2.75, 3.05) is 5.32 Å². The maximum atomic E-state index is 12.8. The molecule has 0 atom stereocenters. The van der Waals surface area contributed by atoms with E-state index in [1.165, 1.54) is 11.3 Å². The average Bonchev–Trinajstić information content (AvgIpc) is 3.13. The van der Waals surface area contributed by atoms with Crippen LogP contribution in [0, 0.1) is 11.3 Å². The average molecular weight is 362 g/mol. The zero-order valence-corrected chi connectivity index (χ0v) is 15.2. The lowest BCUT2D eigenvalue weighted by Gasteiger charge is -2.10. The van der Waals surface area contributed by atoms with Gasteiger partial charge in [-0.2, -0.15) is 5.26 Å². The highest BCUT2D eigenvalue weighted by molar-refractivity contribution is 7.15. The lowest BCUT2D eigenvalue weighted by atomic mass is 9.95. The normalized spacial score (nSPS) is 10.3. The van der Waals surface area contributed by atoms with E-state index in [1.54, 1.807) is 18.2 Å². The quantitative estimate of drug-likeness (QED) is 0.691. The first-order valence-electron chi connectivity index (χ1n) is 8.45. The van der Waals surface area contributed by atoms with Crippen LogP contribution in [0.25, 0.3) is 11.1 Å². The van der Waals surface area contributed by atoms with E-state index < -0.39 is 0 Å². The van der Waals surface area contributed by atoms with Crippen molar-refractivity contribution in [3.05, 3.63) is 64.7 Å². The van der Waals surface area contributed by atoms with Gasteiger partial charge in [0.05, 0.1) is 11.6 Å². The standard InChI is InChI=1S/C20H18N4OS/c1-2-3-12-18-23-24-20(26-18)22-19(25)17-11-7-6-10-16(17)15-9-5-4-8-14(15)13-21/h4-11H,2-3,12H2,1H3,(H,22,24,25). The first-order valence-corrected chi connectivity index (χ1v) is 9.27. The Morgan fingerprint density at radius 2 is 1.85 bits per heavy atom. The third kappa shape index (κ3) is 3.95. The third-order valence-electron chi connectivity index (χ3n) is 3.94. The van der Waals surface area contributed by atoms with Crippen LogP contribution in [0.1, 0.15) is 40.7 Å². The molecular formula is C20H18N4OS. The number of unbranched alkanes of at least 4 members (excludes halogenated alkanes) is 1. The van der Waals surface area contributed by atoms with E-state index in [2.05, 4.69) is 28.5 Å². The van der Waals surface area contributed by atoms with Crippen molar-refractivity contribution < 1.29 is 4.79 Å². The minimum Gasteiger partial charge on any atom is -0.296 e. The summed E-state index contributed by atoms with van der Waals surface area (Å²) in [4.78, 5) is 12.8. The zero-order chi connectivity index (χ0) is 18.4. The molecule has 1 heterocycles. The van der Waals surface area contributed by atoms with Crippen molar-refractivity contribution in [1.82, 2.24) is 10.2 Å². The molecule has 26 heavy (non-hydrogen) atoms. The van der Waals surface area contributed by atoms with Crippen LogP contribution in [-0.2, 0) is 6.42 Å². The first-order chi connectivity index (χ1) is 12.7. The molecule has 0 aliphatic heterocycles. The van der Waals surface area contributed by atoms with E-state index in [-0.39, 0.29) is 5.91 Å². The number of hydrogen-bond donors (Lipinski definition) is 1. The summed E-state index contributed by atoms with van der Waals surface area (Å²) in [5, 5.41) is 21.8. The molecule has 0 aliphatic rings. The van der Waals surface area contributed by atoms with E-state index >= 15 is 0 Å². The van der Waals surface area contributed by atoms with Crippen molar-refractivity contribution in [2.45, 2.75) is 26.2 Å². The first kappa shape index (κ1) is 17.8. The second kappa shape index (κ2) is 8.37. The van der Waals surface area contributed by atoms with Crippen molar-refractivity contribution in [1.29, 1.82) is 5.26 Å². The summed E-state index contributed by atoms with van der Waals surface area (Å²) >= 11 is 1.40. The summed E-state index contributed by atoms with van der Waals surface area (Å²) < 4.78 is 0. The van der Waals surface area contributed by atoms with Gasteiger partial charge in [0.2, 0.25) is 5.13 Å². The summed E-state index contributed by atoms with van der Waals surface area (Å²) in [7, 11) is 0. The van der Waals surface area contributed by atoms with Crippen molar-refractivity contribution >= 4 is 22.4 Å². The molecule has 0 bridgehead atoms. The van der Waals surface area contributed by atoms with Gasteiger partial charge in [-0.05, 0) is 24.1 Å². The molecule has 130 valence electrons. The largest absolute Gasteiger partial charge is 0.296 e. The second-order valence-corrected chi connectivity index (χ2v) is 6.82. The van der Waals surface area contributed by atoms with Crippen LogP contribution in [0.4, 0.5) is 5.13 Å². The molecule has 1 N–H and O–H groups in total. The van der Waals surface area contributed by atoms with Crippen LogP contribution in [0.15, 0.2) is 48.5 Å². The Morgan fingerprint density at radius 3 is 2.62 bits per heavy atom. The van der Waals surface area contributed by atoms with Gasteiger partial charge in [-0.1, -0.05) is 61.1 Å². The number of benzene rings is 2. The van der Waals surface area contributed by atoms with Crippen LogP contribution in [0.2, 0.25) is 0 Å². The molecule has 0 unspecified atom stereocenters. The highest BCUT2D eigenvalue weighted by Gasteiger charge is 2.16. The summed E-state index contributed by atoms with van der Waals surface area (Å²) in [6, 6.07) is 16.7. The van der Waals surface area contributed by atoms with Gasteiger partial charge in [0.15, 0.2) is 0 Å². The van der Waals surface area contributed by atoms with Gasteiger partial charge in [-0.25, -0.2) is 0 Å². The molecule has 1 amide bonds. The lowest BCUT2D eigenvalue weighted by molar-refractivity contribution is 0.102. The van der Waals surface area contributed by atoms with Crippen LogP contribution >= 0.6 is 11.3 Å². The highest BCUT2D eigenvalue weighted by Crippen LogP contribution is 2.28. The Bertz CT molecular complexity index is 958. The number of carbonyl (C=O) groups excluding carboxylic acids is 1. The van der Waals surface area contributed by atoms with E-state index in [1.807, 2.05) is 30.3 Å². The van der Waals surface area contributed by atoms with Crippen LogP contribution in [0.3, 0.4) is 0 Å². The molecular weight excluding hydrogens is 344 g/mol. The molecule has 6 heteroatoms. The van der Waals surface area contributed by atoms with Gasteiger partial charge in [-0.3, -0.25) is 10.1 Å². The minimum absolute atomic E-state index is 0.258. The molecule has 2 aromatic carbocycles. The van der Waals surface area contributed by atoms with Gasteiger partial charge in [-0.15, -0.1) is 10.2 Å². The molecule has 0 saturated carbocycles. The number of carbonyl (C=O) groups is 1. The molecule has 5 nitrogen and oxygen atoms in total. The molecule has 1 aromatic heterocycles. The molecule has 0 saturated heterocycles. The van der Waals surface area contributed by atoms with Gasteiger partial charge >= 0.3 is 0 Å². The number of rotatable bonds is 6. The molecule has 3 rings (SSSR count). The predicted octanol–water partition coefficient (Wildman–Crippen LogP) is 4.67. The van der Waals surface area contributed by atoms with Crippen molar-refractivity contribution in [3.63, 3.8) is 0 Å². The Hall–Kier alpha value is -3.04. The van der Waals surface area contributed by atoms with Gasteiger partial charge in [0.25, 0.3) is 5.91 Å². The summed E-state index contributed by atoms with van der Waals surface area (Å²) in [6.45, 7) is 2.12. The topological polar surface area (TPSA) is 78.7 Å². The number of aromatic nitrogens is 2. The maximum Gasteiger partial charge on any atom is 0.258 e. The number of anilines is 1. The van der Waals surface area contributed by atoms with E-state index in [4.69, 9.17) is 0 Å². The van der Waals surface area contributed by atoms with E-state index in [0.29, 0.717) is 16.3 Å². The molecule has 3 aromatic rings. The van der Waals surface area contributed by atoms with Crippen LogP contribution in [0.5, 0.6) is 0 Å². The molecule has 0 radical (unpaired) electrons. The monoisotopic (exact) mass is 362 g/mol. The smallest absolute Gasteiger partial charge is 0.258 e. The molecule has 0 spiro atoms. The van der Waals surface area contributed by atoms with Crippen molar-refractivity contribution in [2.24, 2.45) is 0 Å². The minimum atomic E-state index is -0.258. The van der Waals surface area contributed by atoms with Gasteiger partial charge in [0.1, 0.15) is 5.01 Å². The van der Waals surface area contributed by atoms with Gasteiger partial charge in [0, 0.05) is 17.5 Å². The molecule has 0 aliphatic carbocycles. The Labute approximate surface area is 156 Å². The van der Waals surface area contributed by atoms with E-state index in [0.717, 1.165) is 35.4 Å². The number of aryl methyl sites for hydroxylation is 1. The molecule has 0 fully saturated rings. The number of amides is 1. The van der Waals surface area contributed by atoms with Crippen LogP contribution < -0.4 is 5.32 Å². The van der Waals surface area contributed by atoms with Gasteiger partial charge < -0.3 is 0 Å². The predicted molar refractivity (Wildman–Crippen MR) is 103 cm³/mol. The summed E-state index contributed by atoms with van der Waals surface area (Å²) in [5.41, 5.74) is 2.49. The highest BCUT2D eigenvalue weighted by atomic mass is 32.1. The summed E-state index contributed by atoms with van der Waals surface area (Å²) in [5.74, 6) is -0.258.